The molecule has 0 aromatic carbocycles. The van der Waals surface area contributed by atoms with Crippen molar-refractivity contribution in [2.75, 3.05) is 20.8 Å². The molecule has 0 aliphatic rings. The largest absolute Gasteiger partial charge is 0.464 e. The Kier molecular flexibility index (Phi) is 4.03. The highest BCUT2D eigenvalue weighted by atomic mass is 32.1. The average molecular weight is 215 g/mol. The molecule has 0 bridgehead atoms. The van der Waals surface area contributed by atoms with Gasteiger partial charge in [-0.25, -0.2) is 9.78 Å². The summed E-state index contributed by atoms with van der Waals surface area (Å²) < 4.78 is 9.65. The number of esters is 1. The van der Waals surface area contributed by atoms with Crippen LogP contribution >= 0.6 is 11.3 Å². The maximum atomic E-state index is 11.3. The van der Waals surface area contributed by atoms with Crippen LogP contribution < -0.4 is 0 Å². The van der Waals surface area contributed by atoms with Gasteiger partial charge in [-0.2, -0.15) is 0 Å². The molecular weight excluding hydrogens is 202 g/mol. The number of ether oxygens (including phenoxy) is 2. The molecule has 0 saturated heterocycles. The van der Waals surface area contributed by atoms with E-state index in [2.05, 4.69) is 9.72 Å². The summed E-state index contributed by atoms with van der Waals surface area (Å²) in [5.74, 6) is -0.217. The van der Waals surface area contributed by atoms with Gasteiger partial charge < -0.3 is 9.47 Å². The molecule has 1 aromatic heterocycles. The number of thiazole rings is 1. The van der Waals surface area contributed by atoms with Crippen molar-refractivity contribution in [3.8, 4) is 0 Å². The standard InChI is InChI=1S/C9H13NO3S/c1-6(4-12-2)8-7(9(11)13-3)10-5-14-8/h5-6H,4H2,1-3H3. The van der Waals surface area contributed by atoms with Crippen molar-refractivity contribution in [2.45, 2.75) is 12.8 Å². The van der Waals surface area contributed by atoms with Crippen LogP contribution in [-0.2, 0) is 9.47 Å². The van der Waals surface area contributed by atoms with Gasteiger partial charge in [-0.1, -0.05) is 6.92 Å². The van der Waals surface area contributed by atoms with Crippen molar-refractivity contribution in [1.29, 1.82) is 0 Å². The normalized spacial score (nSPS) is 12.5. The van der Waals surface area contributed by atoms with E-state index < -0.39 is 0 Å². The first-order valence-electron chi connectivity index (χ1n) is 4.21. The summed E-state index contributed by atoms with van der Waals surface area (Å²) in [7, 11) is 2.99. The van der Waals surface area contributed by atoms with Gasteiger partial charge in [-0.05, 0) is 0 Å². The number of methoxy groups -OCH3 is 2. The lowest BCUT2D eigenvalue weighted by molar-refractivity contribution is 0.0592. The number of nitrogens with zero attached hydrogens (tertiary/aromatic N) is 1. The molecule has 1 heterocycles. The van der Waals surface area contributed by atoms with Gasteiger partial charge in [0.05, 0.1) is 19.2 Å². The van der Waals surface area contributed by atoms with Gasteiger partial charge in [0.1, 0.15) is 0 Å². The first kappa shape index (κ1) is 11.1. The molecule has 4 nitrogen and oxygen atoms in total. The van der Waals surface area contributed by atoms with Gasteiger partial charge in [0, 0.05) is 17.9 Å². The number of hydrogen-bond acceptors (Lipinski definition) is 5. The van der Waals surface area contributed by atoms with Crippen LogP contribution in [0.5, 0.6) is 0 Å². The van der Waals surface area contributed by atoms with Crippen LogP contribution in [0.25, 0.3) is 0 Å². The third-order valence-electron chi connectivity index (χ3n) is 1.84. The molecule has 78 valence electrons. The lowest BCUT2D eigenvalue weighted by Gasteiger charge is -2.08. The number of hydrogen-bond donors (Lipinski definition) is 0. The molecule has 1 rings (SSSR count). The Balaban J connectivity index is 2.86. The first-order chi connectivity index (χ1) is 6.70. The van der Waals surface area contributed by atoms with Crippen LogP contribution in [0.4, 0.5) is 0 Å². The molecule has 0 N–H and O–H groups in total. The maximum Gasteiger partial charge on any atom is 0.357 e. The van der Waals surface area contributed by atoms with Crippen molar-refractivity contribution in [2.24, 2.45) is 0 Å². The van der Waals surface area contributed by atoms with E-state index in [1.54, 1.807) is 12.6 Å². The zero-order chi connectivity index (χ0) is 10.6. The first-order valence-corrected chi connectivity index (χ1v) is 5.09. The summed E-state index contributed by atoms with van der Waals surface area (Å²) in [4.78, 5) is 16.2. The van der Waals surface area contributed by atoms with Crippen molar-refractivity contribution >= 4 is 17.3 Å². The quantitative estimate of drug-likeness (QED) is 0.717. The summed E-state index contributed by atoms with van der Waals surface area (Å²) in [5, 5.41) is 0. The lowest BCUT2D eigenvalue weighted by atomic mass is 10.1. The Hall–Kier alpha value is -0.940. The second-order valence-corrected chi connectivity index (χ2v) is 3.80. The van der Waals surface area contributed by atoms with Crippen LogP contribution in [0.1, 0.15) is 28.2 Å². The Morgan fingerprint density at radius 3 is 2.93 bits per heavy atom. The summed E-state index contributed by atoms with van der Waals surface area (Å²) >= 11 is 1.45. The van der Waals surface area contributed by atoms with Gasteiger partial charge in [-0.15, -0.1) is 11.3 Å². The zero-order valence-electron chi connectivity index (χ0n) is 8.44. The highest BCUT2D eigenvalue weighted by Crippen LogP contribution is 2.24. The molecule has 0 aliphatic carbocycles. The molecule has 0 amide bonds. The Bertz CT molecular complexity index is 311. The highest BCUT2D eigenvalue weighted by Gasteiger charge is 2.19. The van der Waals surface area contributed by atoms with E-state index in [-0.39, 0.29) is 11.9 Å². The van der Waals surface area contributed by atoms with E-state index in [4.69, 9.17) is 4.74 Å². The van der Waals surface area contributed by atoms with Crippen molar-refractivity contribution in [3.05, 3.63) is 16.1 Å². The maximum absolute atomic E-state index is 11.3. The summed E-state index contributed by atoms with van der Waals surface area (Å²) in [6.07, 6.45) is 0. The number of rotatable bonds is 4. The van der Waals surface area contributed by atoms with E-state index in [0.29, 0.717) is 12.3 Å². The van der Waals surface area contributed by atoms with E-state index in [1.807, 2.05) is 6.92 Å². The third kappa shape index (κ3) is 2.30. The van der Waals surface area contributed by atoms with Crippen LogP contribution in [0.3, 0.4) is 0 Å². The molecule has 1 aromatic rings. The van der Waals surface area contributed by atoms with Gasteiger partial charge in [0.25, 0.3) is 0 Å². The summed E-state index contributed by atoms with van der Waals surface area (Å²) in [5.41, 5.74) is 2.05. The Morgan fingerprint density at radius 2 is 2.36 bits per heavy atom. The van der Waals surface area contributed by atoms with E-state index in [1.165, 1.54) is 18.4 Å². The van der Waals surface area contributed by atoms with Crippen molar-refractivity contribution in [1.82, 2.24) is 4.98 Å². The topological polar surface area (TPSA) is 48.4 Å². The smallest absolute Gasteiger partial charge is 0.357 e. The SMILES string of the molecule is COCC(C)c1scnc1C(=O)OC. The van der Waals surface area contributed by atoms with Crippen LogP contribution in [0, 0.1) is 0 Å². The molecule has 0 aliphatic heterocycles. The molecule has 5 heteroatoms. The number of carbonyl (C=O) groups is 1. The number of carbonyl (C=O) groups excluding carboxylic acids is 1. The average Bonchev–Trinajstić information content (AvgIpc) is 2.65. The Morgan fingerprint density at radius 1 is 1.64 bits per heavy atom. The van der Waals surface area contributed by atoms with Crippen molar-refractivity contribution in [3.63, 3.8) is 0 Å². The minimum absolute atomic E-state index is 0.168. The minimum atomic E-state index is -0.385. The predicted octanol–water partition coefficient (Wildman–Crippen LogP) is 1.68. The molecule has 0 fully saturated rings. The van der Waals surface area contributed by atoms with Gasteiger partial charge in [0.15, 0.2) is 5.69 Å². The van der Waals surface area contributed by atoms with Gasteiger partial charge in [-0.3, -0.25) is 0 Å². The fraction of sp³-hybridized carbons (Fsp3) is 0.556. The fourth-order valence-electron chi connectivity index (χ4n) is 1.18. The molecular formula is C9H13NO3S. The molecule has 1 atom stereocenters. The second-order valence-electron chi connectivity index (χ2n) is 2.91. The molecule has 14 heavy (non-hydrogen) atoms. The summed E-state index contributed by atoms with van der Waals surface area (Å²) in [6, 6.07) is 0. The Labute approximate surface area is 86.9 Å². The predicted molar refractivity (Wildman–Crippen MR) is 53.7 cm³/mol. The van der Waals surface area contributed by atoms with Gasteiger partial charge >= 0.3 is 5.97 Å². The monoisotopic (exact) mass is 215 g/mol. The minimum Gasteiger partial charge on any atom is -0.464 e. The molecule has 0 radical (unpaired) electrons. The van der Waals surface area contributed by atoms with E-state index in [0.717, 1.165) is 4.88 Å². The van der Waals surface area contributed by atoms with Gasteiger partial charge in [0.2, 0.25) is 0 Å². The molecule has 0 spiro atoms. The zero-order valence-corrected chi connectivity index (χ0v) is 9.26. The van der Waals surface area contributed by atoms with E-state index >= 15 is 0 Å². The fourth-order valence-corrected chi connectivity index (χ4v) is 2.00. The second kappa shape index (κ2) is 5.07. The third-order valence-corrected chi connectivity index (χ3v) is 2.90. The number of aromatic nitrogens is 1. The lowest BCUT2D eigenvalue weighted by Crippen LogP contribution is -2.09. The van der Waals surface area contributed by atoms with Crippen LogP contribution in [-0.4, -0.2) is 31.8 Å². The summed E-state index contributed by atoms with van der Waals surface area (Å²) in [6.45, 7) is 2.57. The van der Waals surface area contributed by atoms with Crippen LogP contribution in [0.15, 0.2) is 5.51 Å². The molecule has 0 saturated carbocycles. The van der Waals surface area contributed by atoms with Crippen LogP contribution in [0.2, 0.25) is 0 Å². The van der Waals surface area contributed by atoms with E-state index in [9.17, 15) is 4.79 Å². The molecule has 1 unspecified atom stereocenters. The highest BCUT2D eigenvalue weighted by molar-refractivity contribution is 7.10. The van der Waals surface area contributed by atoms with Crippen molar-refractivity contribution < 1.29 is 14.3 Å².